The zero-order chi connectivity index (χ0) is 32.2. The number of nitrogen functional groups attached to an aromatic ring is 1. The molecule has 3 heterocycles. The van der Waals surface area contributed by atoms with Gasteiger partial charge in [-0.3, -0.25) is 43.9 Å². The molecule has 2 saturated heterocycles. The molecule has 2 aromatic rings. The maximum Gasteiger partial charge on any atom is 0.264 e. The van der Waals surface area contributed by atoms with Crippen LogP contribution in [0.2, 0.25) is 0 Å². The van der Waals surface area contributed by atoms with Crippen LogP contribution in [0.5, 0.6) is 5.75 Å². The number of amides is 6. The molecule has 1 unspecified atom stereocenters. The predicted octanol–water partition coefficient (Wildman–Crippen LogP) is 0.240. The van der Waals surface area contributed by atoms with Crippen LogP contribution in [-0.4, -0.2) is 97.2 Å². The molecule has 0 spiro atoms. The number of carbonyl (C=O) groups is 6. The number of benzene rings is 2. The number of nitrogens with one attached hydrogen (secondary N) is 4. The van der Waals surface area contributed by atoms with Crippen molar-refractivity contribution in [3.63, 3.8) is 0 Å². The quantitative estimate of drug-likeness (QED) is 0.132. The highest BCUT2D eigenvalue weighted by molar-refractivity contribution is 6.25. The summed E-state index contributed by atoms with van der Waals surface area (Å²) in [6, 6.07) is 6.09. The van der Waals surface area contributed by atoms with Crippen molar-refractivity contribution in [1.29, 1.82) is 0 Å². The molecule has 0 saturated carbocycles. The summed E-state index contributed by atoms with van der Waals surface area (Å²) in [5, 5.41) is 10.9. The Morgan fingerprint density at radius 1 is 1.11 bits per heavy atom. The van der Waals surface area contributed by atoms with Gasteiger partial charge < -0.3 is 26.4 Å². The number of fused-ring (bicyclic) bond motifs is 1. The van der Waals surface area contributed by atoms with E-state index < -0.39 is 41.4 Å². The Bertz CT molecular complexity index is 1570. The van der Waals surface area contributed by atoms with E-state index in [0.717, 1.165) is 4.90 Å². The van der Waals surface area contributed by atoms with Crippen LogP contribution in [0.4, 0.5) is 15.8 Å². The molecule has 5 rings (SSSR count). The number of halogens is 1. The van der Waals surface area contributed by atoms with Crippen LogP contribution in [0.1, 0.15) is 56.8 Å². The standard InChI is InChI=1S/C30H34FN7O7/c1-45-17-12-19(26(31)20(32)13-17)27(41)35-16-8-11-37(14-16)15-24(40)34-10-3-9-33-21-5-2-4-18-25(21)30(44)38(29(18)43)22-6-7-23(39)36-28(22)42/h2,4-5,12-13,16,22,33H,3,6-11,14-15,32H2,1H3,(H,34,40)(H,35,41)(H,36,39,42)/t16-,22?/m0/s1. The fourth-order valence-electron chi connectivity index (χ4n) is 5.72. The number of carbonyl (C=O) groups excluding carboxylic acids is 6. The maximum atomic E-state index is 14.4. The maximum absolute atomic E-state index is 14.4. The number of hydrogen-bond donors (Lipinski definition) is 5. The van der Waals surface area contributed by atoms with Gasteiger partial charge in [0.15, 0.2) is 5.82 Å². The number of hydrogen-bond acceptors (Lipinski definition) is 10. The van der Waals surface area contributed by atoms with Crippen molar-refractivity contribution in [3.8, 4) is 5.75 Å². The number of imide groups is 2. The Kier molecular flexibility index (Phi) is 9.27. The summed E-state index contributed by atoms with van der Waals surface area (Å²) in [7, 11) is 1.39. The van der Waals surface area contributed by atoms with Crippen LogP contribution in [-0.2, 0) is 14.4 Å². The van der Waals surface area contributed by atoms with Gasteiger partial charge in [-0.1, -0.05) is 6.07 Å². The minimum absolute atomic E-state index is 0.0387. The Morgan fingerprint density at radius 2 is 1.91 bits per heavy atom. The molecule has 6 amide bonds. The molecule has 2 aromatic carbocycles. The van der Waals surface area contributed by atoms with E-state index in [2.05, 4.69) is 21.3 Å². The van der Waals surface area contributed by atoms with E-state index in [1.165, 1.54) is 25.3 Å². The summed E-state index contributed by atoms with van der Waals surface area (Å²) >= 11 is 0. The fourth-order valence-corrected chi connectivity index (χ4v) is 5.72. The highest BCUT2D eigenvalue weighted by atomic mass is 19.1. The highest BCUT2D eigenvalue weighted by Gasteiger charge is 2.45. The molecule has 15 heteroatoms. The SMILES string of the molecule is COc1cc(N)c(F)c(C(=O)N[C@H]2CCN(CC(=O)NCCCNc3cccc4c3C(=O)N(C3CCC(=O)NC3=O)C4=O)C2)c1. The van der Waals surface area contributed by atoms with Gasteiger partial charge in [0.2, 0.25) is 17.7 Å². The topological polar surface area (TPSA) is 192 Å². The highest BCUT2D eigenvalue weighted by Crippen LogP contribution is 2.32. The molecule has 0 radical (unpaired) electrons. The summed E-state index contributed by atoms with van der Waals surface area (Å²) in [4.78, 5) is 78.0. The molecule has 14 nitrogen and oxygen atoms in total. The van der Waals surface area contributed by atoms with Crippen molar-refractivity contribution in [3.05, 3.63) is 52.8 Å². The summed E-state index contributed by atoms with van der Waals surface area (Å²) in [5.74, 6) is -3.65. The van der Waals surface area contributed by atoms with Crippen molar-refractivity contribution in [2.45, 2.75) is 37.8 Å². The molecule has 3 aliphatic rings. The molecule has 2 atom stereocenters. The number of piperidine rings is 1. The third-order valence-electron chi connectivity index (χ3n) is 7.99. The molecule has 0 bridgehead atoms. The Morgan fingerprint density at radius 3 is 2.67 bits per heavy atom. The average molecular weight is 624 g/mol. The second-order valence-electron chi connectivity index (χ2n) is 11.1. The zero-order valence-electron chi connectivity index (χ0n) is 24.6. The molecular formula is C30H34FN7O7. The summed E-state index contributed by atoms with van der Waals surface area (Å²) < 4.78 is 19.5. The van der Waals surface area contributed by atoms with Crippen LogP contribution < -0.4 is 31.7 Å². The minimum Gasteiger partial charge on any atom is -0.497 e. The first kappa shape index (κ1) is 31.4. The van der Waals surface area contributed by atoms with E-state index in [4.69, 9.17) is 10.5 Å². The van der Waals surface area contributed by atoms with Gasteiger partial charge in [-0.05, 0) is 37.5 Å². The Hall–Kier alpha value is -5.05. The van der Waals surface area contributed by atoms with Crippen LogP contribution in [0.15, 0.2) is 30.3 Å². The van der Waals surface area contributed by atoms with Crippen LogP contribution in [0.25, 0.3) is 0 Å². The van der Waals surface area contributed by atoms with Gasteiger partial charge in [0.05, 0.1) is 36.0 Å². The fraction of sp³-hybridized carbons (Fsp3) is 0.400. The molecule has 238 valence electrons. The zero-order valence-corrected chi connectivity index (χ0v) is 24.6. The summed E-state index contributed by atoms with van der Waals surface area (Å²) in [6.45, 7) is 1.85. The molecule has 0 aromatic heterocycles. The van der Waals surface area contributed by atoms with Gasteiger partial charge in [-0.2, -0.15) is 0 Å². The van der Waals surface area contributed by atoms with Crippen LogP contribution in [0, 0.1) is 5.82 Å². The van der Waals surface area contributed by atoms with Gasteiger partial charge in [-0.25, -0.2) is 4.39 Å². The van der Waals surface area contributed by atoms with Gasteiger partial charge >= 0.3 is 0 Å². The van der Waals surface area contributed by atoms with Crippen molar-refractivity contribution < 1.29 is 37.9 Å². The van der Waals surface area contributed by atoms with Gasteiger partial charge in [0.1, 0.15) is 11.8 Å². The van der Waals surface area contributed by atoms with Crippen molar-refractivity contribution in [2.75, 3.05) is 50.9 Å². The largest absolute Gasteiger partial charge is 0.497 e. The van der Waals surface area contributed by atoms with E-state index in [1.54, 1.807) is 12.1 Å². The Balaban J connectivity index is 1.05. The molecule has 6 N–H and O–H groups in total. The number of nitrogens with zero attached hydrogens (tertiary/aromatic N) is 2. The number of methoxy groups -OCH3 is 1. The van der Waals surface area contributed by atoms with E-state index in [-0.39, 0.29) is 59.5 Å². The van der Waals surface area contributed by atoms with Crippen molar-refractivity contribution >= 4 is 46.8 Å². The molecule has 0 aliphatic carbocycles. The van der Waals surface area contributed by atoms with Crippen molar-refractivity contribution in [2.24, 2.45) is 0 Å². The third-order valence-corrected chi connectivity index (χ3v) is 7.99. The lowest BCUT2D eigenvalue weighted by Crippen LogP contribution is -2.54. The lowest BCUT2D eigenvalue weighted by molar-refractivity contribution is -0.136. The van der Waals surface area contributed by atoms with Crippen LogP contribution >= 0.6 is 0 Å². The van der Waals surface area contributed by atoms with E-state index in [0.29, 0.717) is 44.7 Å². The minimum atomic E-state index is -1.05. The van der Waals surface area contributed by atoms with Crippen LogP contribution in [0.3, 0.4) is 0 Å². The van der Waals surface area contributed by atoms with Gasteiger partial charge in [0, 0.05) is 50.4 Å². The summed E-state index contributed by atoms with van der Waals surface area (Å²) in [5.41, 5.74) is 6.03. The first-order valence-electron chi connectivity index (χ1n) is 14.6. The second kappa shape index (κ2) is 13.3. The van der Waals surface area contributed by atoms with Gasteiger partial charge in [-0.15, -0.1) is 0 Å². The number of rotatable bonds is 11. The monoisotopic (exact) mass is 623 g/mol. The lowest BCUT2D eigenvalue weighted by Gasteiger charge is -2.27. The van der Waals surface area contributed by atoms with E-state index in [1.807, 2.05) is 4.90 Å². The average Bonchev–Trinajstić information content (AvgIpc) is 3.55. The van der Waals surface area contributed by atoms with Crippen molar-refractivity contribution in [1.82, 2.24) is 25.8 Å². The first-order valence-corrected chi connectivity index (χ1v) is 14.6. The summed E-state index contributed by atoms with van der Waals surface area (Å²) in [6.07, 6.45) is 1.22. The molecule has 2 fully saturated rings. The number of likely N-dealkylation sites (tertiary alicyclic amines) is 1. The molecular weight excluding hydrogens is 589 g/mol. The number of ether oxygens (including phenoxy) is 1. The molecule has 3 aliphatic heterocycles. The predicted molar refractivity (Wildman–Crippen MR) is 159 cm³/mol. The van der Waals surface area contributed by atoms with E-state index >= 15 is 0 Å². The van der Waals surface area contributed by atoms with E-state index in [9.17, 15) is 33.2 Å². The lowest BCUT2D eigenvalue weighted by atomic mass is 10.0. The number of anilines is 2. The second-order valence-corrected chi connectivity index (χ2v) is 11.1. The normalized spacial score (nSPS) is 19.7. The number of nitrogens with two attached hydrogens (primary N) is 1. The smallest absolute Gasteiger partial charge is 0.264 e. The van der Waals surface area contributed by atoms with Gasteiger partial charge in [0.25, 0.3) is 17.7 Å². The Labute approximate surface area is 257 Å². The third kappa shape index (κ3) is 6.72. The first-order chi connectivity index (χ1) is 21.6. The molecule has 45 heavy (non-hydrogen) atoms.